The third-order valence-corrected chi connectivity index (χ3v) is 2.71. The molecule has 1 atom stereocenters. The largest absolute Gasteiger partial charge is 0.369 e. The fourth-order valence-corrected chi connectivity index (χ4v) is 2.05. The van der Waals surface area contributed by atoms with E-state index in [2.05, 4.69) is 18.8 Å². The molecule has 0 fully saturated rings. The van der Waals surface area contributed by atoms with E-state index < -0.39 is 0 Å². The van der Waals surface area contributed by atoms with Crippen molar-refractivity contribution >= 4 is 5.91 Å². The molecule has 5 nitrogen and oxygen atoms in total. The minimum atomic E-state index is -0.330. The molecule has 1 amide bonds. The Morgan fingerprint density at radius 1 is 1.39 bits per heavy atom. The topological polar surface area (TPSA) is 85.2 Å². The van der Waals surface area contributed by atoms with E-state index in [1.807, 2.05) is 17.0 Å². The number of carbonyl (C=O) groups excluding carboxylic acids is 1. The van der Waals surface area contributed by atoms with Crippen LogP contribution in [0, 0.1) is 5.92 Å². The van der Waals surface area contributed by atoms with Crippen molar-refractivity contribution in [3.8, 4) is 0 Å². The summed E-state index contributed by atoms with van der Waals surface area (Å²) in [6.07, 6.45) is 3.46. The third kappa shape index (κ3) is 4.43. The zero-order valence-corrected chi connectivity index (χ0v) is 11.0. The first-order valence-corrected chi connectivity index (χ1v) is 6.17. The molecule has 0 saturated heterocycles. The highest BCUT2D eigenvalue weighted by Crippen LogP contribution is 2.19. The van der Waals surface area contributed by atoms with Crippen molar-refractivity contribution in [2.24, 2.45) is 17.4 Å². The Hall–Kier alpha value is -1.46. The lowest BCUT2D eigenvalue weighted by atomic mass is 10.0. The first kappa shape index (κ1) is 14.6. The summed E-state index contributed by atoms with van der Waals surface area (Å²) in [5.74, 6) is 0.114. The number of aromatic nitrogens is 1. The average Bonchev–Trinajstić information content (AvgIpc) is 2.29. The van der Waals surface area contributed by atoms with Crippen LogP contribution in [0.4, 0.5) is 0 Å². The normalized spacial score (nSPS) is 12.9. The predicted molar refractivity (Wildman–Crippen MR) is 71.6 cm³/mol. The standard InChI is InChI=1S/C13H22N4O/c1-10(2)8-17(9-13(15)18)12(7-14)11-3-5-16-6-4-11/h3-6,10,12H,7-9,14H2,1-2H3,(H2,15,18). The number of primary amides is 1. The van der Waals surface area contributed by atoms with Gasteiger partial charge in [0.2, 0.25) is 5.91 Å². The van der Waals surface area contributed by atoms with E-state index in [4.69, 9.17) is 11.5 Å². The Balaban J connectivity index is 2.89. The fourth-order valence-electron chi connectivity index (χ4n) is 2.05. The highest BCUT2D eigenvalue weighted by Gasteiger charge is 2.21. The van der Waals surface area contributed by atoms with Gasteiger partial charge in [-0.25, -0.2) is 0 Å². The van der Waals surface area contributed by atoms with Crippen LogP contribution in [0.25, 0.3) is 0 Å². The fraction of sp³-hybridized carbons (Fsp3) is 0.538. The van der Waals surface area contributed by atoms with Crippen LogP contribution in [-0.2, 0) is 4.79 Å². The summed E-state index contributed by atoms with van der Waals surface area (Å²) in [5, 5.41) is 0. The van der Waals surface area contributed by atoms with Gasteiger partial charge < -0.3 is 11.5 Å². The molecule has 4 N–H and O–H groups in total. The lowest BCUT2D eigenvalue weighted by Crippen LogP contribution is -2.41. The number of pyridine rings is 1. The minimum Gasteiger partial charge on any atom is -0.369 e. The number of carbonyl (C=O) groups is 1. The van der Waals surface area contributed by atoms with Crippen LogP contribution in [0.15, 0.2) is 24.5 Å². The van der Waals surface area contributed by atoms with Gasteiger partial charge in [-0.15, -0.1) is 0 Å². The zero-order chi connectivity index (χ0) is 13.5. The van der Waals surface area contributed by atoms with Crippen LogP contribution in [0.2, 0.25) is 0 Å². The monoisotopic (exact) mass is 250 g/mol. The summed E-state index contributed by atoms with van der Waals surface area (Å²) in [5.41, 5.74) is 12.2. The number of hydrogen-bond donors (Lipinski definition) is 2. The van der Waals surface area contributed by atoms with Gasteiger partial charge in [-0.05, 0) is 23.6 Å². The highest BCUT2D eigenvalue weighted by molar-refractivity contribution is 5.76. The van der Waals surface area contributed by atoms with E-state index in [1.54, 1.807) is 12.4 Å². The molecule has 5 heteroatoms. The van der Waals surface area contributed by atoms with Gasteiger partial charge in [-0.2, -0.15) is 0 Å². The Morgan fingerprint density at radius 3 is 2.44 bits per heavy atom. The number of rotatable bonds is 7. The van der Waals surface area contributed by atoms with E-state index in [9.17, 15) is 4.79 Å². The SMILES string of the molecule is CC(C)CN(CC(N)=O)C(CN)c1ccncc1. The molecule has 1 aromatic rings. The molecule has 0 aliphatic rings. The summed E-state index contributed by atoms with van der Waals surface area (Å²) >= 11 is 0. The van der Waals surface area contributed by atoms with Crippen molar-refractivity contribution in [1.82, 2.24) is 9.88 Å². The van der Waals surface area contributed by atoms with Gasteiger partial charge in [0.05, 0.1) is 6.54 Å². The molecular weight excluding hydrogens is 228 g/mol. The molecule has 0 aliphatic carbocycles. The second-order valence-corrected chi connectivity index (χ2v) is 4.82. The lowest BCUT2D eigenvalue weighted by Gasteiger charge is -2.31. The summed E-state index contributed by atoms with van der Waals surface area (Å²) < 4.78 is 0. The average molecular weight is 250 g/mol. The maximum atomic E-state index is 11.2. The molecule has 100 valence electrons. The molecule has 0 aliphatic heterocycles. The van der Waals surface area contributed by atoms with Crippen LogP contribution >= 0.6 is 0 Å². The maximum absolute atomic E-state index is 11.2. The molecule has 1 aromatic heterocycles. The quantitative estimate of drug-likeness (QED) is 0.739. The van der Waals surface area contributed by atoms with Crippen molar-refractivity contribution in [3.63, 3.8) is 0 Å². The molecule has 0 spiro atoms. The van der Waals surface area contributed by atoms with E-state index >= 15 is 0 Å². The number of nitrogens with two attached hydrogens (primary N) is 2. The molecule has 1 unspecified atom stereocenters. The summed E-state index contributed by atoms with van der Waals surface area (Å²) in [7, 11) is 0. The molecule has 0 radical (unpaired) electrons. The third-order valence-electron chi connectivity index (χ3n) is 2.71. The summed E-state index contributed by atoms with van der Waals surface area (Å²) in [4.78, 5) is 17.2. The predicted octanol–water partition coefficient (Wildman–Crippen LogP) is 0.525. The molecule has 0 saturated carbocycles. The van der Waals surface area contributed by atoms with Crippen molar-refractivity contribution in [1.29, 1.82) is 0 Å². The van der Waals surface area contributed by atoms with Crippen LogP contribution in [-0.4, -0.2) is 35.4 Å². The van der Waals surface area contributed by atoms with Crippen molar-refractivity contribution in [3.05, 3.63) is 30.1 Å². The van der Waals surface area contributed by atoms with Gasteiger partial charge >= 0.3 is 0 Å². The first-order valence-electron chi connectivity index (χ1n) is 6.17. The number of amides is 1. The highest BCUT2D eigenvalue weighted by atomic mass is 16.1. The van der Waals surface area contributed by atoms with Crippen molar-refractivity contribution < 1.29 is 4.79 Å². The Morgan fingerprint density at radius 2 is 2.00 bits per heavy atom. The van der Waals surface area contributed by atoms with E-state index in [-0.39, 0.29) is 18.5 Å². The zero-order valence-electron chi connectivity index (χ0n) is 11.0. The van der Waals surface area contributed by atoms with E-state index in [0.717, 1.165) is 12.1 Å². The lowest BCUT2D eigenvalue weighted by molar-refractivity contribution is -0.119. The van der Waals surface area contributed by atoms with Crippen LogP contribution in [0.5, 0.6) is 0 Å². The Bertz CT molecular complexity index is 367. The smallest absolute Gasteiger partial charge is 0.231 e. The number of nitrogens with zero attached hydrogens (tertiary/aromatic N) is 2. The van der Waals surface area contributed by atoms with Crippen LogP contribution in [0.3, 0.4) is 0 Å². The van der Waals surface area contributed by atoms with Crippen LogP contribution in [0.1, 0.15) is 25.5 Å². The molecule has 0 aromatic carbocycles. The van der Waals surface area contributed by atoms with Gasteiger partial charge in [-0.3, -0.25) is 14.7 Å². The molecule has 1 heterocycles. The van der Waals surface area contributed by atoms with Gasteiger partial charge in [0.1, 0.15) is 0 Å². The second kappa shape index (κ2) is 7.08. The molecule has 18 heavy (non-hydrogen) atoms. The number of hydrogen-bond acceptors (Lipinski definition) is 4. The van der Waals surface area contributed by atoms with Crippen molar-refractivity contribution in [2.45, 2.75) is 19.9 Å². The second-order valence-electron chi connectivity index (χ2n) is 4.82. The Labute approximate surface area is 108 Å². The van der Waals surface area contributed by atoms with Gasteiger partial charge in [0.15, 0.2) is 0 Å². The maximum Gasteiger partial charge on any atom is 0.231 e. The van der Waals surface area contributed by atoms with Gasteiger partial charge in [-0.1, -0.05) is 13.8 Å². The van der Waals surface area contributed by atoms with E-state index in [0.29, 0.717) is 12.5 Å². The Kier molecular flexibility index (Phi) is 5.74. The molecule has 1 rings (SSSR count). The van der Waals surface area contributed by atoms with Gasteiger partial charge in [0, 0.05) is 31.5 Å². The van der Waals surface area contributed by atoms with E-state index in [1.165, 1.54) is 0 Å². The van der Waals surface area contributed by atoms with Crippen LogP contribution < -0.4 is 11.5 Å². The minimum absolute atomic E-state index is 0.00269. The van der Waals surface area contributed by atoms with Crippen molar-refractivity contribution in [2.75, 3.05) is 19.6 Å². The molecule has 0 bridgehead atoms. The summed E-state index contributed by atoms with van der Waals surface area (Å²) in [6.45, 7) is 5.67. The first-order chi connectivity index (χ1) is 8.54. The van der Waals surface area contributed by atoms with Gasteiger partial charge in [0.25, 0.3) is 0 Å². The molecular formula is C13H22N4O. The summed E-state index contributed by atoms with van der Waals surface area (Å²) in [6, 6.07) is 3.85.